The minimum atomic E-state index is -0.714. The first kappa shape index (κ1) is 18.6. The van der Waals surface area contributed by atoms with E-state index in [1.54, 1.807) is 30.1 Å². The van der Waals surface area contributed by atoms with Crippen molar-refractivity contribution in [3.8, 4) is 11.5 Å². The van der Waals surface area contributed by atoms with Crippen molar-refractivity contribution in [3.63, 3.8) is 0 Å². The summed E-state index contributed by atoms with van der Waals surface area (Å²) in [6.45, 7) is 0.453. The number of benzene rings is 1. The standard InChI is InChI=1S/C16H24N2O3.ClH/c1-18(15(20)16(17)8-4-3-5-9-16)11-12-6-7-13(19)14(10-12)21-2;/h6-7,10,19H,3-5,8-9,11,17H2,1-2H3;1H. The lowest BCUT2D eigenvalue weighted by Gasteiger charge is -2.35. The molecule has 0 atom stereocenters. The maximum absolute atomic E-state index is 12.6. The van der Waals surface area contributed by atoms with E-state index in [1.165, 1.54) is 7.11 Å². The molecule has 1 aromatic carbocycles. The Hall–Kier alpha value is -1.46. The summed E-state index contributed by atoms with van der Waals surface area (Å²) in [5.41, 5.74) is 6.47. The third kappa shape index (κ3) is 4.05. The predicted molar refractivity (Wildman–Crippen MR) is 88.4 cm³/mol. The van der Waals surface area contributed by atoms with Crippen molar-refractivity contribution in [2.45, 2.75) is 44.2 Å². The number of methoxy groups -OCH3 is 1. The van der Waals surface area contributed by atoms with Crippen molar-refractivity contribution < 1.29 is 14.6 Å². The van der Waals surface area contributed by atoms with Crippen LogP contribution in [0.5, 0.6) is 11.5 Å². The lowest BCUT2D eigenvalue weighted by molar-refractivity contribution is -0.137. The Morgan fingerprint density at radius 1 is 1.36 bits per heavy atom. The number of hydrogen-bond donors (Lipinski definition) is 2. The zero-order valence-electron chi connectivity index (χ0n) is 13.2. The molecule has 1 fully saturated rings. The number of carbonyl (C=O) groups excluding carboxylic acids is 1. The molecule has 1 aliphatic rings. The minimum Gasteiger partial charge on any atom is -0.504 e. The molecule has 0 aliphatic heterocycles. The highest BCUT2D eigenvalue weighted by atomic mass is 35.5. The summed E-state index contributed by atoms with van der Waals surface area (Å²) in [5.74, 6) is 0.500. The van der Waals surface area contributed by atoms with E-state index in [-0.39, 0.29) is 24.1 Å². The molecule has 0 saturated heterocycles. The number of carbonyl (C=O) groups is 1. The van der Waals surface area contributed by atoms with Gasteiger partial charge in [-0.3, -0.25) is 4.79 Å². The Morgan fingerprint density at radius 2 is 2.00 bits per heavy atom. The maximum Gasteiger partial charge on any atom is 0.242 e. The fourth-order valence-electron chi connectivity index (χ4n) is 2.94. The third-order valence-electron chi connectivity index (χ3n) is 4.18. The summed E-state index contributed by atoms with van der Waals surface area (Å²) in [4.78, 5) is 14.2. The summed E-state index contributed by atoms with van der Waals surface area (Å²) in [7, 11) is 3.27. The summed E-state index contributed by atoms with van der Waals surface area (Å²) < 4.78 is 5.09. The highest BCUT2D eigenvalue weighted by Gasteiger charge is 2.37. The molecule has 0 heterocycles. The average molecular weight is 329 g/mol. The second-order valence-electron chi connectivity index (χ2n) is 5.88. The van der Waals surface area contributed by atoms with E-state index >= 15 is 0 Å². The van der Waals surface area contributed by atoms with E-state index in [2.05, 4.69) is 0 Å². The van der Waals surface area contributed by atoms with Crippen LogP contribution in [-0.4, -0.2) is 35.6 Å². The van der Waals surface area contributed by atoms with Gasteiger partial charge in [-0.25, -0.2) is 0 Å². The maximum atomic E-state index is 12.6. The van der Waals surface area contributed by atoms with E-state index in [0.717, 1.165) is 37.7 Å². The zero-order chi connectivity index (χ0) is 15.5. The molecule has 22 heavy (non-hydrogen) atoms. The fraction of sp³-hybridized carbons (Fsp3) is 0.562. The number of likely N-dealkylation sites (N-methyl/N-ethyl adjacent to an activating group) is 1. The van der Waals surface area contributed by atoms with E-state index in [9.17, 15) is 9.90 Å². The Bertz CT molecular complexity index is 516. The van der Waals surface area contributed by atoms with Crippen LogP contribution in [0.15, 0.2) is 18.2 Å². The van der Waals surface area contributed by atoms with Gasteiger partial charge in [-0.1, -0.05) is 25.3 Å². The largest absolute Gasteiger partial charge is 0.504 e. The van der Waals surface area contributed by atoms with Gasteiger partial charge in [0.25, 0.3) is 0 Å². The summed E-state index contributed by atoms with van der Waals surface area (Å²) in [5, 5.41) is 9.60. The molecular formula is C16H25ClN2O3. The van der Waals surface area contributed by atoms with Crippen LogP contribution in [0, 0.1) is 0 Å². The Balaban J connectivity index is 0.00000242. The van der Waals surface area contributed by atoms with Gasteiger partial charge in [-0.05, 0) is 30.5 Å². The first-order valence-electron chi connectivity index (χ1n) is 7.36. The number of amides is 1. The van der Waals surface area contributed by atoms with Crippen molar-refractivity contribution in [1.82, 2.24) is 4.90 Å². The lowest BCUT2D eigenvalue weighted by Crippen LogP contribution is -2.55. The molecule has 0 unspecified atom stereocenters. The van der Waals surface area contributed by atoms with Gasteiger partial charge >= 0.3 is 0 Å². The van der Waals surface area contributed by atoms with Gasteiger partial charge in [-0.15, -0.1) is 12.4 Å². The lowest BCUT2D eigenvalue weighted by atomic mass is 9.81. The van der Waals surface area contributed by atoms with E-state index in [1.807, 2.05) is 0 Å². The topological polar surface area (TPSA) is 75.8 Å². The van der Waals surface area contributed by atoms with Crippen molar-refractivity contribution >= 4 is 18.3 Å². The van der Waals surface area contributed by atoms with Gasteiger partial charge in [0.15, 0.2) is 11.5 Å². The van der Waals surface area contributed by atoms with Gasteiger partial charge in [0, 0.05) is 13.6 Å². The van der Waals surface area contributed by atoms with Crippen molar-refractivity contribution in [2.24, 2.45) is 5.73 Å². The molecule has 124 valence electrons. The van der Waals surface area contributed by atoms with Crippen LogP contribution in [0.2, 0.25) is 0 Å². The molecule has 2 rings (SSSR count). The summed E-state index contributed by atoms with van der Waals surface area (Å²) in [6.07, 6.45) is 4.71. The number of nitrogens with zero attached hydrogens (tertiary/aromatic N) is 1. The SMILES string of the molecule is COc1cc(CN(C)C(=O)C2(N)CCCCC2)ccc1O.Cl. The van der Waals surface area contributed by atoms with E-state index in [0.29, 0.717) is 12.3 Å². The number of ether oxygens (including phenoxy) is 1. The number of hydrogen-bond acceptors (Lipinski definition) is 4. The second-order valence-corrected chi connectivity index (χ2v) is 5.88. The van der Waals surface area contributed by atoms with Gasteiger partial charge < -0.3 is 20.5 Å². The predicted octanol–water partition coefficient (Wildman–Crippen LogP) is 2.44. The highest BCUT2D eigenvalue weighted by Crippen LogP contribution is 2.29. The molecule has 0 bridgehead atoms. The van der Waals surface area contributed by atoms with Gasteiger partial charge in [0.1, 0.15) is 0 Å². The van der Waals surface area contributed by atoms with Crippen LogP contribution in [-0.2, 0) is 11.3 Å². The smallest absolute Gasteiger partial charge is 0.242 e. The first-order valence-corrected chi connectivity index (χ1v) is 7.36. The average Bonchev–Trinajstić information content (AvgIpc) is 2.49. The molecule has 1 saturated carbocycles. The third-order valence-corrected chi connectivity index (χ3v) is 4.18. The Morgan fingerprint density at radius 3 is 2.59 bits per heavy atom. The van der Waals surface area contributed by atoms with Crippen LogP contribution >= 0.6 is 12.4 Å². The monoisotopic (exact) mass is 328 g/mol. The molecule has 5 nitrogen and oxygen atoms in total. The number of phenolic OH excluding ortho intramolecular Hbond substituents is 1. The normalized spacial score (nSPS) is 16.5. The number of halogens is 1. The van der Waals surface area contributed by atoms with Crippen molar-refractivity contribution in [1.29, 1.82) is 0 Å². The highest BCUT2D eigenvalue weighted by molar-refractivity contribution is 5.86. The Labute approximate surface area is 137 Å². The van der Waals surface area contributed by atoms with Crippen LogP contribution in [0.3, 0.4) is 0 Å². The summed E-state index contributed by atoms with van der Waals surface area (Å²) in [6, 6.07) is 5.10. The van der Waals surface area contributed by atoms with E-state index in [4.69, 9.17) is 10.5 Å². The van der Waals surface area contributed by atoms with E-state index < -0.39 is 5.54 Å². The Kier molecular flexibility index (Phi) is 6.50. The minimum absolute atomic E-state index is 0. The molecule has 1 amide bonds. The molecule has 0 aromatic heterocycles. The van der Waals surface area contributed by atoms with Crippen LogP contribution in [0.4, 0.5) is 0 Å². The van der Waals surface area contributed by atoms with Crippen LogP contribution < -0.4 is 10.5 Å². The summed E-state index contributed by atoms with van der Waals surface area (Å²) >= 11 is 0. The number of phenols is 1. The molecule has 0 spiro atoms. The van der Waals surface area contributed by atoms with Gasteiger partial charge in [0.05, 0.1) is 12.6 Å². The molecule has 1 aliphatic carbocycles. The fourth-order valence-corrected chi connectivity index (χ4v) is 2.94. The zero-order valence-corrected chi connectivity index (χ0v) is 14.0. The van der Waals surface area contributed by atoms with Crippen molar-refractivity contribution in [2.75, 3.05) is 14.2 Å². The van der Waals surface area contributed by atoms with Crippen molar-refractivity contribution in [3.05, 3.63) is 23.8 Å². The number of rotatable bonds is 4. The second kappa shape index (κ2) is 7.70. The van der Waals surface area contributed by atoms with Crippen LogP contribution in [0.1, 0.15) is 37.7 Å². The number of nitrogens with two attached hydrogens (primary N) is 1. The number of aromatic hydroxyl groups is 1. The van der Waals surface area contributed by atoms with Gasteiger partial charge in [-0.2, -0.15) is 0 Å². The first-order chi connectivity index (χ1) is 9.96. The molecule has 3 N–H and O–H groups in total. The van der Waals surface area contributed by atoms with Gasteiger partial charge in [0.2, 0.25) is 5.91 Å². The quantitative estimate of drug-likeness (QED) is 0.890. The van der Waals surface area contributed by atoms with Crippen LogP contribution in [0.25, 0.3) is 0 Å². The molecular weight excluding hydrogens is 304 g/mol. The molecule has 1 aromatic rings. The molecule has 0 radical (unpaired) electrons. The molecule has 6 heteroatoms.